The van der Waals surface area contributed by atoms with Crippen molar-refractivity contribution in [2.45, 2.75) is 0 Å². The molecule has 17 heavy (non-hydrogen) atoms. The summed E-state index contributed by atoms with van der Waals surface area (Å²) < 4.78 is 22.0. The van der Waals surface area contributed by atoms with Crippen LogP contribution in [-0.2, 0) is 9.84 Å². The van der Waals surface area contributed by atoms with Crippen LogP contribution in [0.25, 0.3) is 0 Å². The summed E-state index contributed by atoms with van der Waals surface area (Å²) in [6.45, 7) is 2.21. The van der Waals surface area contributed by atoms with Crippen LogP contribution in [0.15, 0.2) is 30.3 Å². The largest absolute Gasteiger partial charge is 0.384 e. The van der Waals surface area contributed by atoms with Gasteiger partial charge >= 0.3 is 0 Å². The molecule has 0 saturated carbocycles. The van der Waals surface area contributed by atoms with Crippen molar-refractivity contribution in [3.05, 3.63) is 30.3 Å². The molecule has 0 aliphatic heterocycles. The highest BCUT2D eigenvalue weighted by Crippen LogP contribution is 2.03. The van der Waals surface area contributed by atoms with Crippen molar-refractivity contribution in [3.63, 3.8) is 0 Å². The van der Waals surface area contributed by atoms with Crippen molar-refractivity contribution in [1.82, 2.24) is 4.90 Å². The number of sulfone groups is 1. The van der Waals surface area contributed by atoms with E-state index in [-0.39, 0.29) is 5.75 Å². The maximum atomic E-state index is 11.0. The van der Waals surface area contributed by atoms with Gasteiger partial charge in [-0.05, 0) is 19.2 Å². The number of hydrogen-bond donors (Lipinski definition) is 1. The summed E-state index contributed by atoms with van der Waals surface area (Å²) in [7, 11) is -0.930. The SMILES string of the molecule is CN(CCNc1ccccc1)CCS(C)(=O)=O. The van der Waals surface area contributed by atoms with E-state index in [4.69, 9.17) is 0 Å². The van der Waals surface area contributed by atoms with Crippen molar-refractivity contribution in [2.75, 3.05) is 44.0 Å². The predicted octanol–water partition coefficient (Wildman–Crippen LogP) is 1.07. The molecule has 0 fully saturated rings. The molecule has 0 unspecified atom stereocenters. The lowest BCUT2D eigenvalue weighted by Gasteiger charge is -2.16. The second-order valence-corrected chi connectivity index (χ2v) is 6.49. The van der Waals surface area contributed by atoms with E-state index in [2.05, 4.69) is 5.32 Å². The zero-order valence-electron chi connectivity index (χ0n) is 10.4. The molecule has 4 nitrogen and oxygen atoms in total. The fourth-order valence-corrected chi connectivity index (χ4v) is 2.02. The minimum Gasteiger partial charge on any atom is -0.384 e. The molecule has 0 amide bonds. The Morgan fingerprint density at radius 3 is 2.41 bits per heavy atom. The van der Waals surface area contributed by atoms with E-state index in [1.807, 2.05) is 42.3 Å². The van der Waals surface area contributed by atoms with E-state index >= 15 is 0 Å². The first-order valence-corrected chi connectivity index (χ1v) is 7.68. The van der Waals surface area contributed by atoms with Gasteiger partial charge in [0.1, 0.15) is 9.84 Å². The molecule has 0 heterocycles. The number of nitrogens with one attached hydrogen (secondary N) is 1. The van der Waals surface area contributed by atoms with Crippen LogP contribution in [0.5, 0.6) is 0 Å². The third-order valence-electron chi connectivity index (χ3n) is 2.44. The molecule has 0 saturated heterocycles. The Labute approximate surface area is 104 Å². The van der Waals surface area contributed by atoms with Gasteiger partial charge in [0.15, 0.2) is 0 Å². The van der Waals surface area contributed by atoms with Crippen LogP contribution in [0.2, 0.25) is 0 Å². The first-order valence-electron chi connectivity index (χ1n) is 5.62. The number of anilines is 1. The zero-order chi connectivity index (χ0) is 12.7. The van der Waals surface area contributed by atoms with Crippen LogP contribution in [0, 0.1) is 0 Å². The van der Waals surface area contributed by atoms with E-state index in [0.717, 1.165) is 18.8 Å². The Morgan fingerprint density at radius 1 is 1.18 bits per heavy atom. The molecule has 1 N–H and O–H groups in total. The molecule has 0 aromatic heterocycles. The number of benzene rings is 1. The molecule has 0 bridgehead atoms. The lowest BCUT2D eigenvalue weighted by molar-refractivity contribution is 0.367. The highest BCUT2D eigenvalue weighted by atomic mass is 32.2. The van der Waals surface area contributed by atoms with Gasteiger partial charge in [-0.3, -0.25) is 0 Å². The lowest BCUT2D eigenvalue weighted by atomic mass is 10.3. The number of hydrogen-bond acceptors (Lipinski definition) is 4. The highest BCUT2D eigenvalue weighted by Gasteiger charge is 2.04. The number of likely N-dealkylation sites (N-methyl/N-ethyl adjacent to an activating group) is 1. The Bertz CT molecular complexity index is 417. The van der Waals surface area contributed by atoms with Crippen LogP contribution in [0.3, 0.4) is 0 Å². The van der Waals surface area contributed by atoms with Crippen molar-refractivity contribution in [3.8, 4) is 0 Å². The fraction of sp³-hybridized carbons (Fsp3) is 0.500. The predicted molar refractivity (Wildman–Crippen MR) is 72.1 cm³/mol. The summed E-state index contributed by atoms with van der Waals surface area (Å²) in [6, 6.07) is 9.96. The van der Waals surface area contributed by atoms with E-state index in [0.29, 0.717) is 6.54 Å². The normalized spacial score (nSPS) is 11.7. The number of para-hydroxylation sites is 1. The van der Waals surface area contributed by atoms with Gasteiger partial charge in [-0.2, -0.15) is 0 Å². The molecule has 5 heteroatoms. The topological polar surface area (TPSA) is 49.4 Å². The van der Waals surface area contributed by atoms with Gasteiger partial charge in [0.05, 0.1) is 5.75 Å². The van der Waals surface area contributed by atoms with E-state index < -0.39 is 9.84 Å². The van der Waals surface area contributed by atoms with Crippen LogP contribution >= 0.6 is 0 Å². The zero-order valence-corrected chi connectivity index (χ0v) is 11.2. The molecule has 0 spiro atoms. The van der Waals surface area contributed by atoms with Crippen LogP contribution in [0.4, 0.5) is 5.69 Å². The minimum atomic E-state index is -2.86. The molecule has 1 aromatic carbocycles. The summed E-state index contributed by atoms with van der Waals surface area (Å²) in [5, 5.41) is 3.28. The molecule has 0 aliphatic carbocycles. The lowest BCUT2D eigenvalue weighted by Crippen LogP contribution is -2.29. The van der Waals surface area contributed by atoms with E-state index in [1.54, 1.807) is 0 Å². The van der Waals surface area contributed by atoms with Crippen molar-refractivity contribution >= 4 is 15.5 Å². The third-order valence-corrected chi connectivity index (χ3v) is 3.36. The quantitative estimate of drug-likeness (QED) is 0.793. The van der Waals surface area contributed by atoms with Crippen LogP contribution in [-0.4, -0.2) is 52.0 Å². The summed E-state index contributed by atoms with van der Waals surface area (Å²) in [4.78, 5) is 2.01. The maximum Gasteiger partial charge on any atom is 0.148 e. The number of nitrogens with zero attached hydrogens (tertiary/aromatic N) is 1. The molecule has 0 atom stereocenters. The molecular formula is C12H20N2O2S. The Hall–Kier alpha value is -1.07. The summed E-state index contributed by atoms with van der Waals surface area (Å²) in [6.07, 6.45) is 1.27. The Balaban J connectivity index is 2.18. The average Bonchev–Trinajstić information content (AvgIpc) is 2.27. The van der Waals surface area contributed by atoms with E-state index in [1.165, 1.54) is 6.26 Å². The first kappa shape index (κ1) is 14.0. The van der Waals surface area contributed by atoms with Gasteiger partial charge in [-0.25, -0.2) is 8.42 Å². The number of rotatable bonds is 7. The Morgan fingerprint density at radius 2 is 1.82 bits per heavy atom. The molecular weight excluding hydrogens is 236 g/mol. The first-order chi connectivity index (χ1) is 7.97. The van der Waals surface area contributed by atoms with Gasteiger partial charge in [-0.1, -0.05) is 18.2 Å². The Kier molecular flexibility index (Phi) is 5.44. The third kappa shape index (κ3) is 6.97. The average molecular weight is 256 g/mol. The molecule has 0 radical (unpaired) electrons. The molecule has 96 valence electrons. The van der Waals surface area contributed by atoms with Gasteiger partial charge in [-0.15, -0.1) is 0 Å². The van der Waals surface area contributed by atoms with Gasteiger partial charge < -0.3 is 10.2 Å². The summed E-state index contributed by atoms with van der Waals surface area (Å²) >= 11 is 0. The second-order valence-electron chi connectivity index (χ2n) is 4.23. The summed E-state index contributed by atoms with van der Waals surface area (Å²) in [5.74, 6) is 0.217. The van der Waals surface area contributed by atoms with Gasteiger partial charge in [0.25, 0.3) is 0 Å². The van der Waals surface area contributed by atoms with Crippen molar-refractivity contribution < 1.29 is 8.42 Å². The van der Waals surface area contributed by atoms with E-state index in [9.17, 15) is 8.42 Å². The fourth-order valence-electron chi connectivity index (χ4n) is 1.38. The minimum absolute atomic E-state index is 0.217. The monoisotopic (exact) mass is 256 g/mol. The van der Waals surface area contributed by atoms with Crippen molar-refractivity contribution in [1.29, 1.82) is 0 Å². The second kappa shape index (κ2) is 6.61. The standard InChI is InChI=1S/C12H20N2O2S/c1-14(10-11-17(2,15)16)9-8-13-12-6-4-3-5-7-12/h3-7,13H,8-11H2,1-2H3. The molecule has 1 aromatic rings. The maximum absolute atomic E-state index is 11.0. The highest BCUT2D eigenvalue weighted by molar-refractivity contribution is 7.90. The van der Waals surface area contributed by atoms with Crippen LogP contribution < -0.4 is 5.32 Å². The van der Waals surface area contributed by atoms with Gasteiger partial charge in [0, 0.05) is 31.6 Å². The van der Waals surface area contributed by atoms with Gasteiger partial charge in [0.2, 0.25) is 0 Å². The smallest absolute Gasteiger partial charge is 0.148 e. The molecule has 0 aliphatic rings. The summed E-state index contributed by atoms with van der Waals surface area (Å²) in [5.41, 5.74) is 1.09. The van der Waals surface area contributed by atoms with Crippen LogP contribution in [0.1, 0.15) is 0 Å². The molecule has 1 rings (SSSR count). The van der Waals surface area contributed by atoms with Crippen molar-refractivity contribution in [2.24, 2.45) is 0 Å².